The van der Waals surface area contributed by atoms with Crippen LogP contribution in [0.1, 0.15) is 24.8 Å². The van der Waals surface area contributed by atoms with Gasteiger partial charge in [-0.05, 0) is 50.8 Å². The molecule has 1 heterocycles. The Morgan fingerprint density at radius 1 is 1.33 bits per heavy atom. The maximum Gasteiger partial charge on any atom is 0.128 e. The van der Waals surface area contributed by atoms with Crippen LogP contribution in [0.15, 0.2) is 18.2 Å². The predicted octanol–water partition coefficient (Wildman–Crippen LogP) is 2.71. The number of anilines is 1. The molecule has 1 unspecified atom stereocenters. The Balaban J connectivity index is 1.82. The fourth-order valence-corrected chi connectivity index (χ4v) is 2.92. The third-order valence-corrected chi connectivity index (χ3v) is 4.20. The summed E-state index contributed by atoms with van der Waals surface area (Å²) in [5, 5.41) is 3.64. The van der Waals surface area contributed by atoms with Crippen molar-refractivity contribution in [2.45, 2.75) is 32.2 Å². The van der Waals surface area contributed by atoms with E-state index in [1.54, 1.807) is 6.07 Å². The molecule has 0 bridgehead atoms. The zero-order chi connectivity index (χ0) is 12.5. The molecule has 1 aromatic rings. The zero-order valence-electron chi connectivity index (χ0n) is 11.0. The van der Waals surface area contributed by atoms with E-state index < -0.39 is 0 Å². The summed E-state index contributed by atoms with van der Waals surface area (Å²) >= 11 is 0. The zero-order valence-corrected chi connectivity index (χ0v) is 11.0. The van der Waals surface area contributed by atoms with Gasteiger partial charge in [-0.25, -0.2) is 4.39 Å². The number of halogens is 1. The van der Waals surface area contributed by atoms with Crippen LogP contribution >= 0.6 is 0 Å². The number of hydrogen-bond donors (Lipinski definition) is 1. The lowest BCUT2D eigenvalue weighted by atomic mass is 10.1. The lowest BCUT2D eigenvalue weighted by molar-refractivity contribution is 0.489. The van der Waals surface area contributed by atoms with Gasteiger partial charge in [0.2, 0.25) is 0 Å². The Bertz CT molecular complexity index is 429. The van der Waals surface area contributed by atoms with Gasteiger partial charge < -0.3 is 10.2 Å². The molecule has 1 N–H and O–H groups in total. The first-order valence-corrected chi connectivity index (χ1v) is 6.99. The van der Waals surface area contributed by atoms with Crippen LogP contribution in [0.4, 0.5) is 10.1 Å². The average molecular weight is 248 g/mol. The van der Waals surface area contributed by atoms with Gasteiger partial charge in [-0.15, -0.1) is 0 Å². The van der Waals surface area contributed by atoms with Crippen LogP contribution in [0.3, 0.4) is 0 Å². The fraction of sp³-hybridized carbons (Fsp3) is 0.600. The van der Waals surface area contributed by atoms with Crippen molar-refractivity contribution in [3.8, 4) is 0 Å². The van der Waals surface area contributed by atoms with Crippen molar-refractivity contribution in [3.63, 3.8) is 0 Å². The molecule has 1 atom stereocenters. The van der Waals surface area contributed by atoms with E-state index in [0.29, 0.717) is 6.04 Å². The van der Waals surface area contributed by atoms with Gasteiger partial charge in [-0.2, -0.15) is 0 Å². The van der Waals surface area contributed by atoms with E-state index in [4.69, 9.17) is 0 Å². The van der Waals surface area contributed by atoms with E-state index >= 15 is 0 Å². The second-order valence-electron chi connectivity index (χ2n) is 5.58. The summed E-state index contributed by atoms with van der Waals surface area (Å²) in [6.45, 7) is 5.02. The van der Waals surface area contributed by atoms with Crippen LogP contribution in [0.2, 0.25) is 0 Å². The maximum atomic E-state index is 13.7. The minimum Gasteiger partial charge on any atom is -0.370 e. The molecule has 2 aliphatic rings. The molecule has 1 aliphatic heterocycles. The molecule has 0 aromatic heterocycles. The molecule has 3 rings (SSSR count). The molecule has 0 amide bonds. The van der Waals surface area contributed by atoms with Crippen molar-refractivity contribution < 1.29 is 4.39 Å². The summed E-state index contributed by atoms with van der Waals surface area (Å²) in [5.41, 5.74) is 1.86. The van der Waals surface area contributed by atoms with E-state index in [9.17, 15) is 4.39 Å². The molecule has 1 saturated carbocycles. The van der Waals surface area contributed by atoms with Gasteiger partial charge in [-0.3, -0.25) is 0 Å². The van der Waals surface area contributed by atoms with Crippen molar-refractivity contribution in [3.05, 3.63) is 29.6 Å². The standard InChI is InChI=1S/C15H21FN2/c1-11-13(16)4-2-5-15(11)18-9-3-8-17-14(10-18)12-6-7-12/h2,4-5,12,14,17H,3,6-10H2,1H3. The van der Waals surface area contributed by atoms with E-state index in [1.165, 1.54) is 12.8 Å². The van der Waals surface area contributed by atoms with Gasteiger partial charge in [0.25, 0.3) is 0 Å². The first-order valence-electron chi connectivity index (χ1n) is 6.99. The lowest BCUT2D eigenvalue weighted by Gasteiger charge is -2.28. The van der Waals surface area contributed by atoms with Gasteiger partial charge in [0.05, 0.1) is 0 Å². The summed E-state index contributed by atoms with van der Waals surface area (Å²) < 4.78 is 13.7. The highest BCUT2D eigenvalue weighted by Gasteiger charge is 2.33. The smallest absolute Gasteiger partial charge is 0.128 e. The Hall–Kier alpha value is -1.09. The molecule has 1 aromatic carbocycles. The Morgan fingerprint density at radius 2 is 2.17 bits per heavy atom. The SMILES string of the molecule is Cc1c(F)cccc1N1CCCNC(C2CC2)C1. The van der Waals surface area contributed by atoms with E-state index in [0.717, 1.165) is 43.2 Å². The van der Waals surface area contributed by atoms with Gasteiger partial charge in [-0.1, -0.05) is 6.07 Å². The van der Waals surface area contributed by atoms with Gasteiger partial charge in [0.1, 0.15) is 5.82 Å². The Kier molecular flexibility index (Phi) is 3.25. The van der Waals surface area contributed by atoms with Gasteiger partial charge >= 0.3 is 0 Å². The molecule has 1 saturated heterocycles. The number of rotatable bonds is 2. The average Bonchev–Trinajstić information content (AvgIpc) is 3.16. The molecule has 0 radical (unpaired) electrons. The molecule has 98 valence electrons. The Morgan fingerprint density at radius 3 is 2.94 bits per heavy atom. The van der Waals surface area contributed by atoms with Crippen molar-refractivity contribution in [1.29, 1.82) is 0 Å². The van der Waals surface area contributed by atoms with Crippen molar-refractivity contribution in [2.24, 2.45) is 5.92 Å². The van der Waals surface area contributed by atoms with E-state index in [1.807, 2.05) is 19.1 Å². The Labute approximate surface area is 108 Å². The summed E-state index contributed by atoms with van der Waals surface area (Å²) in [6.07, 6.45) is 3.85. The van der Waals surface area contributed by atoms with Crippen LogP contribution in [-0.2, 0) is 0 Å². The summed E-state index contributed by atoms with van der Waals surface area (Å²) in [4.78, 5) is 2.36. The highest BCUT2D eigenvalue weighted by molar-refractivity contribution is 5.53. The first-order chi connectivity index (χ1) is 8.75. The van der Waals surface area contributed by atoms with Crippen LogP contribution in [0.5, 0.6) is 0 Å². The fourth-order valence-electron chi connectivity index (χ4n) is 2.92. The molecule has 2 fully saturated rings. The predicted molar refractivity (Wildman–Crippen MR) is 72.5 cm³/mol. The third-order valence-electron chi connectivity index (χ3n) is 4.20. The second kappa shape index (κ2) is 4.88. The monoisotopic (exact) mass is 248 g/mol. The normalized spacial score (nSPS) is 25.0. The summed E-state index contributed by atoms with van der Waals surface area (Å²) in [7, 11) is 0. The summed E-state index contributed by atoms with van der Waals surface area (Å²) in [6, 6.07) is 6.01. The molecular weight excluding hydrogens is 227 g/mol. The van der Waals surface area contributed by atoms with Crippen LogP contribution in [0, 0.1) is 18.7 Å². The molecular formula is C15H21FN2. The maximum absolute atomic E-state index is 13.7. The lowest BCUT2D eigenvalue weighted by Crippen LogP contribution is -2.39. The highest BCUT2D eigenvalue weighted by atomic mass is 19.1. The first kappa shape index (κ1) is 12.0. The number of nitrogens with zero attached hydrogens (tertiary/aromatic N) is 1. The van der Waals surface area contributed by atoms with E-state index in [2.05, 4.69) is 10.2 Å². The van der Waals surface area contributed by atoms with Crippen LogP contribution in [0.25, 0.3) is 0 Å². The van der Waals surface area contributed by atoms with Gasteiger partial charge in [0.15, 0.2) is 0 Å². The second-order valence-corrected chi connectivity index (χ2v) is 5.58. The van der Waals surface area contributed by atoms with Gasteiger partial charge in [0, 0.05) is 30.4 Å². The van der Waals surface area contributed by atoms with Crippen LogP contribution < -0.4 is 10.2 Å². The minimum absolute atomic E-state index is 0.0901. The van der Waals surface area contributed by atoms with Crippen molar-refractivity contribution in [2.75, 3.05) is 24.5 Å². The third kappa shape index (κ3) is 2.37. The molecule has 3 heteroatoms. The van der Waals surface area contributed by atoms with Crippen molar-refractivity contribution in [1.82, 2.24) is 5.32 Å². The van der Waals surface area contributed by atoms with Crippen LogP contribution in [-0.4, -0.2) is 25.7 Å². The van der Waals surface area contributed by atoms with Crippen molar-refractivity contribution >= 4 is 5.69 Å². The summed E-state index contributed by atoms with van der Waals surface area (Å²) in [5.74, 6) is 0.757. The minimum atomic E-state index is -0.0901. The molecule has 0 spiro atoms. The number of nitrogens with one attached hydrogen (secondary N) is 1. The largest absolute Gasteiger partial charge is 0.370 e. The number of benzene rings is 1. The molecule has 18 heavy (non-hydrogen) atoms. The molecule has 1 aliphatic carbocycles. The quantitative estimate of drug-likeness (QED) is 0.865. The topological polar surface area (TPSA) is 15.3 Å². The van der Waals surface area contributed by atoms with E-state index in [-0.39, 0.29) is 5.82 Å². The highest BCUT2D eigenvalue weighted by Crippen LogP contribution is 2.34. The molecule has 2 nitrogen and oxygen atoms in total. The number of hydrogen-bond acceptors (Lipinski definition) is 2.